The molecule has 2 N–H and O–H groups in total. The number of fused-ring (bicyclic) bond motifs is 1. The number of carbonyl (C=O) groups is 1. The Balaban J connectivity index is 1.63. The van der Waals surface area contributed by atoms with Crippen molar-refractivity contribution >= 4 is 32.7 Å². The zero-order chi connectivity index (χ0) is 18.5. The van der Waals surface area contributed by atoms with Gasteiger partial charge in [0.2, 0.25) is 0 Å². The fourth-order valence-corrected chi connectivity index (χ4v) is 3.56. The third-order valence-electron chi connectivity index (χ3n) is 4.07. The van der Waals surface area contributed by atoms with Crippen LogP contribution >= 0.6 is 11.3 Å². The van der Waals surface area contributed by atoms with Crippen molar-refractivity contribution in [3.8, 4) is 5.75 Å². The first-order valence-corrected chi connectivity index (χ1v) is 9.09. The van der Waals surface area contributed by atoms with Crippen molar-refractivity contribution in [1.82, 2.24) is 15.2 Å². The fraction of sp³-hybridized carbons (Fsp3) is 0.263. The van der Waals surface area contributed by atoms with Crippen LogP contribution in [0.4, 0.5) is 9.93 Å². The number of benzene rings is 2. The van der Waals surface area contributed by atoms with Crippen LogP contribution in [0.25, 0.3) is 10.2 Å². The van der Waals surface area contributed by atoms with Gasteiger partial charge >= 0.3 is 6.03 Å². The standard InChI is InChI=1S/C19H22N4O2S/c1-23(2)16(13-7-6-8-14(11-13)25-3)12-20-18(24)22-19-21-15-9-4-5-10-17(15)26-19/h4-11,16H,12H2,1-3H3,(H2,20,21,22,24). The molecule has 1 atom stereocenters. The van der Waals surface area contributed by atoms with E-state index in [2.05, 4.69) is 20.5 Å². The lowest BCUT2D eigenvalue weighted by Crippen LogP contribution is -2.36. The molecule has 136 valence electrons. The Bertz CT molecular complexity index is 861. The molecule has 0 bridgehead atoms. The predicted molar refractivity (Wildman–Crippen MR) is 106 cm³/mol. The van der Waals surface area contributed by atoms with Crippen molar-refractivity contribution in [2.75, 3.05) is 33.1 Å². The monoisotopic (exact) mass is 370 g/mol. The predicted octanol–water partition coefficient (Wildman–Crippen LogP) is 3.73. The summed E-state index contributed by atoms with van der Waals surface area (Å²) in [4.78, 5) is 18.7. The topological polar surface area (TPSA) is 66.5 Å². The van der Waals surface area contributed by atoms with Crippen molar-refractivity contribution in [2.24, 2.45) is 0 Å². The van der Waals surface area contributed by atoms with Crippen LogP contribution in [0, 0.1) is 0 Å². The molecule has 1 unspecified atom stereocenters. The Morgan fingerprint density at radius 1 is 1.23 bits per heavy atom. The highest BCUT2D eigenvalue weighted by molar-refractivity contribution is 7.22. The molecule has 2 aromatic carbocycles. The fourth-order valence-electron chi connectivity index (χ4n) is 2.70. The van der Waals surface area contributed by atoms with Gasteiger partial charge in [-0.25, -0.2) is 9.78 Å². The molecule has 0 saturated carbocycles. The molecule has 2 amide bonds. The van der Waals surface area contributed by atoms with E-state index in [-0.39, 0.29) is 12.1 Å². The minimum Gasteiger partial charge on any atom is -0.497 e. The van der Waals surface area contributed by atoms with Crippen molar-refractivity contribution in [3.05, 3.63) is 54.1 Å². The number of hydrogen-bond donors (Lipinski definition) is 2. The highest BCUT2D eigenvalue weighted by atomic mass is 32.1. The summed E-state index contributed by atoms with van der Waals surface area (Å²) in [5, 5.41) is 6.33. The van der Waals surface area contributed by atoms with Gasteiger partial charge in [0.05, 0.1) is 23.4 Å². The molecular weight excluding hydrogens is 348 g/mol. The van der Waals surface area contributed by atoms with Gasteiger partial charge in [0.1, 0.15) is 5.75 Å². The lowest BCUT2D eigenvalue weighted by Gasteiger charge is -2.25. The lowest BCUT2D eigenvalue weighted by molar-refractivity contribution is 0.243. The molecule has 3 rings (SSSR count). The van der Waals surface area contributed by atoms with Crippen LogP contribution in [-0.4, -0.2) is 43.7 Å². The Labute approximate surface area is 156 Å². The highest BCUT2D eigenvalue weighted by Crippen LogP contribution is 2.25. The largest absolute Gasteiger partial charge is 0.497 e. The van der Waals surface area contributed by atoms with Gasteiger partial charge < -0.3 is 15.0 Å². The van der Waals surface area contributed by atoms with Gasteiger partial charge in [-0.1, -0.05) is 35.6 Å². The van der Waals surface area contributed by atoms with Gasteiger partial charge in [-0.2, -0.15) is 0 Å². The number of para-hydroxylation sites is 1. The summed E-state index contributed by atoms with van der Waals surface area (Å²) in [5.74, 6) is 0.799. The van der Waals surface area contributed by atoms with E-state index >= 15 is 0 Å². The second-order valence-electron chi connectivity index (χ2n) is 6.08. The summed E-state index contributed by atoms with van der Waals surface area (Å²) < 4.78 is 6.34. The molecule has 7 heteroatoms. The van der Waals surface area contributed by atoms with E-state index in [0.717, 1.165) is 21.5 Å². The second-order valence-corrected chi connectivity index (χ2v) is 7.11. The zero-order valence-electron chi connectivity index (χ0n) is 15.0. The number of carbonyl (C=O) groups excluding carboxylic acids is 1. The molecule has 6 nitrogen and oxygen atoms in total. The van der Waals surface area contributed by atoms with Crippen LogP contribution in [0.1, 0.15) is 11.6 Å². The summed E-state index contributed by atoms with van der Waals surface area (Å²) in [6.07, 6.45) is 0. The van der Waals surface area contributed by atoms with Crippen LogP contribution in [-0.2, 0) is 0 Å². The van der Waals surface area contributed by atoms with E-state index in [4.69, 9.17) is 4.74 Å². The summed E-state index contributed by atoms with van der Waals surface area (Å²) in [6, 6.07) is 15.4. The van der Waals surface area contributed by atoms with E-state index in [9.17, 15) is 4.79 Å². The Kier molecular flexibility index (Phi) is 5.70. The second kappa shape index (κ2) is 8.16. The first kappa shape index (κ1) is 18.2. The molecule has 0 fully saturated rings. The van der Waals surface area contributed by atoms with Crippen LogP contribution in [0.5, 0.6) is 5.75 Å². The van der Waals surface area contributed by atoms with E-state index in [1.54, 1.807) is 7.11 Å². The van der Waals surface area contributed by atoms with Crippen molar-refractivity contribution in [1.29, 1.82) is 0 Å². The minimum absolute atomic E-state index is 0.0335. The number of nitrogens with zero attached hydrogens (tertiary/aromatic N) is 2. The first-order valence-electron chi connectivity index (χ1n) is 8.27. The summed E-state index contributed by atoms with van der Waals surface area (Å²) in [7, 11) is 5.61. The Morgan fingerprint density at radius 2 is 2.04 bits per heavy atom. The number of anilines is 1. The molecule has 0 spiro atoms. The maximum absolute atomic E-state index is 12.3. The SMILES string of the molecule is COc1cccc(C(CNC(=O)Nc2nc3ccccc3s2)N(C)C)c1. The molecule has 26 heavy (non-hydrogen) atoms. The van der Waals surface area contributed by atoms with E-state index < -0.39 is 0 Å². The molecule has 0 aliphatic carbocycles. The molecule has 1 aromatic heterocycles. The lowest BCUT2D eigenvalue weighted by atomic mass is 10.1. The van der Waals surface area contributed by atoms with Gasteiger partial charge in [0.25, 0.3) is 0 Å². The number of aromatic nitrogens is 1. The van der Waals surface area contributed by atoms with Crippen LogP contribution in [0.15, 0.2) is 48.5 Å². The van der Waals surface area contributed by atoms with Crippen molar-refractivity contribution < 1.29 is 9.53 Å². The smallest absolute Gasteiger partial charge is 0.321 e. The van der Waals surface area contributed by atoms with Gasteiger partial charge in [0, 0.05) is 6.54 Å². The maximum atomic E-state index is 12.3. The number of urea groups is 1. The normalized spacial score (nSPS) is 12.2. The number of rotatable bonds is 6. The molecule has 0 saturated heterocycles. The summed E-state index contributed by atoms with van der Waals surface area (Å²) in [5.41, 5.74) is 1.96. The van der Waals surface area contributed by atoms with E-state index in [1.807, 2.05) is 62.6 Å². The van der Waals surface area contributed by atoms with E-state index in [1.165, 1.54) is 11.3 Å². The van der Waals surface area contributed by atoms with Gasteiger partial charge in [0.15, 0.2) is 5.13 Å². The number of methoxy groups -OCH3 is 1. The Morgan fingerprint density at radius 3 is 2.77 bits per heavy atom. The van der Waals surface area contributed by atoms with Gasteiger partial charge in [-0.05, 0) is 43.9 Å². The molecule has 3 aromatic rings. The number of likely N-dealkylation sites (N-methyl/N-ethyl adjacent to an activating group) is 1. The maximum Gasteiger partial charge on any atom is 0.321 e. The molecule has 0 aliphatic rings. The minimum atomic E-state index is -0.265. The van der Waals surface area contributed by atoms with Crippen LogP contribution in [0.3, 0.4) is 0 Å². The average Bonchev–Trinajstić information content (AvgIpc) is 3.04. The number of thiazole rings is 1. The number of amides is 2. The van der Waals surface area contributed by atoms with Crippen molar-refractivity contribution in [3.63, 3.8) is 0 Å². The van der Waals surface area contributed by atoms with Gasteiger partial charge in [-0.3, -0.25) is 5.32 Å². The van der Waals surface area contributed by atoms with E-state index in [0.29, 0.717) is 11.7 Å². The average molecular weight is 370 g/mol. The third kappa shape index (κ3) is 4.30. The summed E-state index contributed by atoms with van der Waals surface area (Å²) >= 11 is 1.46. The number of nitrogens with one attached hydrogen (secondary N) is 2. The number of ether oxygens (including phenoxy) is 1. The Hall–Kier alpha value is -2.64. The third-order valence-corrected chi connectivity index (χ3v) is 5.02. The molecule has 0 aliphatic heterocycles. The molecule has 1 heterocycles. The zero-order valence-corrected chi connectivity index (χ0v) is 15.8. The molecule has 0 radical (unpaired) electrons. The molecular formula is C19H22N4O2S. The summed E-state index contributed by atoms with van der Waals surface area (Å²) in [6.45, 7) is 0.469. The number of hydrogen-bond acceptors (Lipinski definition) is 5. The van der Waals surface area contributed by atoms with Crippen molar-refractivity contribution in [2.45, 2.75) is 6.04 Å². The van der Waals surface area contributed by atoms with Crippen LogP contribution < -0.4 is 15.4 Å². The first-order chi connectivity index (χ1) is 12.6. The highest BCUT2D eigenvalue weighted by Gasteiger charge is 2.16. The van der Waals surface area contributed by atoms with Crippen LogP contribution in [0.2, 0.25) is 0 Å². The quantitative estimate of drug-likeness (QED) is 0.694. The van der Waals surface area contributed by atoms with Gasteiger partial charge in [-0.15, -0.1) is 0 Å².